The first-order valence-electron chi connectivity index (χ1n) is 11.0. The molecule has 1 aromatic heterocycles. The number of nitrogens with two attached hydrogens (primary N) is 1. The van der Waals surface area contributed by atoms with Crippen LogP contribution >= 0.6 is 0 Å². The van der Waals surface area contributed by atoms with Crippen LogP contribution in [0, 0.1) is 24.2 Å². The smallest absolute Gasteiger partial charge is 0.393 e. The summed E-state index contributed by atoms with van der Waals surface area (Å²) in [6.07, 6.45) is -4.33. The SMILES string of the molecule is CCOC(=O)c1cc(N2CCC(C(F)(F)F)C2)c(C(=N)C(C)C)c([NH2+]c2cccc(C)c2)n1. The van der Waals surface area contributed by atoms with Crippen molar-refractivity contribution in [2.45, 2.75) is 40.3 Å². The predicted octanol–water partition coefficient (Wildman–Crippen LogP) is 4.51. The largest absolute Gasteiger partial charge is 0.461 e. The molecule has 0 saturated carbocycles. The van der Waals surface area contributed by atoms with Crippen LogP contribution in [0.25, 0.3) is 0 Å². The summed E-state index contributed by atoms with van der Waals surface area (Å²) in [6, 6.07) is 9.12. The zero-order valence-electron chi connectivity index (χ0n) is 19.3. The summed E-state index contributed by atoms with van der Waals surface area (Å²) in [6.45, 7) is 7.43. The Balaban J connectivity index is 2.17. The van der Waals surface area contributed by atoms with E-state index < -0.39 is 18.1 Å². The van der Waals surface area contributed by atoms with Gasteiger partial charge in [0.15, 0.2) is 5.69 Å². The molecule has 9 heteroatoms. The van der Waals surface area contributed by atoms with Gasteiger partial charge in [0.25, 0.3) is 0 Å². The molecule has 2 aromatic rings. The highest BCUT2D eigenvalue weighted by Crippen LogP contribution is 2.38. The molecule has 3 N–H and O–H groups in total. The van der Waals surface area contributed by atoms with E-state index in [0.29, 0.717) is 17.1 Å². The van der Waals surface area contributed by atoms with Crippen LogP contribution in [-0.4, -0.2) is 42.5 Å². The molecule has 1 aromatic carbocycles. The highest BCUT2D eigenvalue weighted by Gasteiger charge is 2.44. The van der Waals surface area contributed by atoms with Crippen molar-refractivity contribution in [2.75, 3.05) is 24.6 Å². The summed E-state index contributed by atoms with van der Waals surface area (Å²) < 4.78 is 45.3. The Bertz CT molecular complexity index is 1040. The van der Waals surface area contributed by atoms with Crippen LogP contribution in [0.2, 0.25) is 0 Å². The maximum absolute atomic E-state index is 13.4. The number of halogens is 3. The van der Waals surface area contributed by atoms with E-state index in [-0.39, 0.29) is 43.4 Å². The number of ether oxygens (including phenoxy) is 1. The molecular weight excluding hydrogens is 433 g/mol. The number of carbonyl (C=O) groups excluding carboxylic acids is 1. The van der Waals surface area contributed by atoms with Gasteiger partial charge in [-0.1, -0.05) is 26.0 Å². The number of alkyl halides is 3. The fourth-order valence-electron chi connectivity index (χ4n) is 3.94. The molecule has 0 bridgehead atoms. The Morgan fingerprint density at radius 3 is 2.64 bits per heavy atom. The van der Waals surface area contributed by atoms with Crippen LogP contribution in [0.3, 0.4) is 0 Å². The number of esters is 1. The standard InChI is InChI=1S/C24H29F3N4O2/c1-5-33-23(32)18-12-19(31-10-9-16(13-31)24(25,26)27)20(21(28)14(2)3)22(30-18)29-17-8-6-7-15(4)11-17/h6-8,11-12,14,16,28H,5,9-10,13H2,1-4H3,(H,29,30)/p+1. The Morgan fingerprint density at radius 2 is 2.06 bits per heavy atom. The van der Waals surface area contributed by atoms with Crippen molar-refractivity contribution >= 4 is 28.9 Å². The van der Waals surface area contributed by atoms with Gasteiger partial charge < -0.3 is 15.0 Å². The fraction of sp³-hybridized carbons (Fsp3) is 0.458. The number of hydrogen-bond acceptors (Lipinski definition) is 5. The van der Waals surface area contributed by atoms with E-state index in [9.17, 15) is 18.0 Å². The summed E-state index contributed by atoms with van der Waals surface area (Å²) >= 11 is 0. The molecule has 1 aliphatic heterocycles. The topological polar surface area (TPSA) is 82.9 Å². The summed E-state index contributed by atoms with van der Waals surface area (Å²) in [4.78, 5) is 18.7. The molecule has 1 atom stereocenters. The number of hydrogen-bond donors (Lipinski definition) is 2. The van der Waals surface area contributed by atoms with Gasteiger partial charge in [-0.25, -0.2) is 4.79 Å². The Labute approximate surface area is 191 Å². The molecule has 3 rings (SSSR count). The number of nitrogens with one attached hydrogen (secondary N) is 1. The second-order valence-electron chi connectivity index (χ2n) is 8.61. The van der Waals surface area contributed by atoms with Crippen molar-refractivity contribution < 1.29 is 28.0 Å². The van der Waals surface area contributed by atoms with Gasteiger partial charge in [-0.2, -0.15) is 18.2 Å². The lowest BCUT2D eigenvalue weighted by Gasteiger charge is -2.25. The van der Waals surface area contributed by atoms with Crippen molar-refractivity contribution in [1.82, 2.24) is 4.98 Å². The number of quaternary nitrogens is 1. The number of benzene rings is 1. The Kier molecular flexibility index (Phi) is 7.41. The van der Waals surface area contributed by atoms with Crippen LogP contribution < -0.4 is 10.2 Å². The van der Waals surface area contributed by atoms with Gasteiger partial charge in [0.2, 0.25) is 5.82 Å². The minimum Gasteiger partial charge on any atom is -0.461 e. The van der Waals surface area contributed by atoms with Gasteiger partial charge in [-0.15, -0.1) is 0 Å². The second kappa shape index (κ2) is 9.91. The van der Waals surface area contributed by atoms with E-state index >= 15 is 0 Å². The van der Waals surface area contributed by atoms with E-state index in [1.807, 2.05) is 45.0 Å². The van der Waals surface area contributed by atoms with Gasteiger partial charge in [-0.3, -0.25) is 5.32 Å². The van der Waals surface area contributed by atoms with Crippen molar-refractivity contribution in [3.8, 4) is 0 Å². The monoisotopic (exact) mass is 463 g/mol. The van der Waals surface area contributed by atoms with Gasteiger partial charge >= 0.3 is 12.1 Å². The van der Waals surface area contributed by atoms with Crippen LogP contribution in [0.4, 0.5) is 30.4 Å². The predicted molar refractivity (Wildman–Crippen MR) is 121 cm³/mol. The van der Waals surface area contributed by atoms with E-state index in [2.05, 4.69) is 4.98 Å². The number of aryl methyl sites for hydroxylation is 1. The Morgan fingerprint density at radius 1 is 1.33 bits per heavy atom. The fourth-order valence-corrected chi connectivity index (χ4v) is 3.94. The van der Waals surface area contributed by atoms with Gasteiger partial charge in [-0.05, 0) is 43.9 Å². The number of nitrogens with zero attached hydrogens (tertiary/aromatic N) is 2. The second-order valence-corrected chi connectivity index (χ2v) is 8.61. The molecule has 6 nitrogen and oxygen atoms in total. The first-order valence-corrected chi connectivity index (χ1v) is 11.0. The molecule has 1 fully saturated rings. The highest BCUT2D eigenvalue weighted by atomic mass is 19.4. The molecule has 2 heterocycles. The van der Waals surface area contributed by atoms with Crippen molar-refractivity contribution in [2.24, 2.45) is 11.8 Å². The van der Waals surface area contributed by atoms with Gasteiger partial charge in [0.05, 0.1) is 23.9 Å². The van der Waals surface area contributed by atoms with Crippen LogP contribution in [-0.2, 0) is 4.74 Å². The number of aromatic nitrogens is 1. The molecule has 1 aliphatic rings. The average Bonchev–Trinajstić information content (AvgIpc) is 3.23. The number of pyridine rings is 1. The maximum Gasteiger partial charge on any atom is 0.393 e. The first-order chi connectivity index (χ1) is 15.5. The minimum absolute atomic E-state index is 0.0153. The minimum atomic E-state index is -4.30. The number of carbonyl (C=O) groups is 1. The molecule has 0 amide bonds. The lowest BCUT2D eigenvalue weighted by molar-refractivity contribution is -0.483. The number of rotatable bonds is 7. The average molecular weight is 464 g/mol. The third-order valence-electron chi connectivity index (χ3n) is 5.70. The van der Waals surface area contributed by atoms with E-state index in [0.717, 1.165) is 11.3 Å². The van der Waals surface area contributed by atoms with Crippen molar-refractivity contribution in [3.63, 3.8) is 0 Å². The van der Waals surface area contributed by atoms with Crippen molar-refractivity contribution in [1.29, 1.82) is 5.41 Å². The highest BCUT2D eigenvalue weighted by molar-refractivity contribution is 6.08. The van der Waals surface area contributed by atoms with E-state index in [1.165, 1.54) is 6.07 Å². The summed E-state index contributed by atoms with van der Waals surface area (Å²) in [7, 11) is 0. The van der Waals surface area contributed by atoms with Crippen molar-refractivity contribution in [3.05, 3.63) is 47.2 Å². The normalized spacial score (nSPS) is 16.4. The lowest BCUT2D eigenvalue weighted by Crippen LogP contribution is -2.72. The van der Waals surface area contributed by atoms with Gasteiger partial charge in [0, 0.05) is 19.2 Å². The summed E-state index contributed by atoms with van der Waals surface area (Å²) in [5.74, 6) is -1.92. The molecule has 0 spiro atoms. The molecule has 1 unspecified atom stereocenters. The van der Waals surface area contributed by atoms with E-state index in [1.54, 1.807) is 17.1 Å². The Hall–Kier alpha value is -2.94. The first kappa shape index (κ1) is 24.7. The van der Waals surface area contributed by atoms with E-state index in [4.69, 9.17) is 10.1 Å². The third-order valence-corrected chi connectivity index (χ3v) is 5.70. The molecule has 1 saturated heterocycles. The molecule has 0 radical (unpaired) electrons. The summed E-state index contributed by atoms with van der Waals surface area (Å²) in [5.41, 5.74) is 2.98. The molecule has 0 aliphatic carbocycles. The van der Waals surface area contributed by atoms with Crippen LogP contribution in [0.5, 0.6) is 0 Å². The number of anilines is 1. The maximum atomic E-state index is 13.4. The molecule has 178 valence electrons. The van der Waals surface area contributed by atoms with Gasteiger partial charge in [0.1, 0.15) is 11.3 Å². The van der Waals surface area contributed by atoms with Crippen LogP contribution in [0.15, 0.2) is 30.3 Å². The zero-order chi connectivity index (χ0) is 24.3. The lowest BCUT2D eigenvalue weighted by atomic mass is 9.97. The quantitative estimate of drug-likeness (QED) is 0.360. The summed E-state index contributed by atoms with van der Waals surface area (Å²) in [5, 5.41) is 10.5. The zero-order valence-corrected chi connectivity index (χ0v) is 19.3. The third kappa shape index (κ3) is 5.71. The van der Waals surface area contributed by atoms with Crippen LogP contribution in [0.1, 0.15) is 48.8 Å². The molecular formula is C24H30F3N4O2+. The molecule has 33 heavy (non-hydrogen) atoms.